The summed E-state index contributed by atoms with van der Waals surface area (Å²) >= 11 is 3.44. The fraction of sp³-hybridized carbons (Fsp3) is 0.467. The number of amides is 2. The van der Waals surface area contributed by atoms with Crippen LogP contribution in [-0.4, -0.2) is 11.8 Å². The van der Waals surface area contributed by atoms with Crippen molar-refractivity contribution in [2.45, 2.75) is 39.0 Å². The lowest BCUT2D eigenvalue weighted by atomic mass is 9.66. The summed E-state index contributed by atoms with van der Waals surface area (Å²) in [6.45, 7) is 4.12. The van der Waals surface area contributed by atoms with Gasteiger partial charge >= 0.3 is 0 Å². The quantitative estimate of drug-likeness (QED) is 0.867. The predicted molar refractivity (Wildman–Crippen MR) is 77.7 cm³/mol. The van der Waals surface area contributed by atoms with E-state index >= 15 is 0 Å². The first-order chi connectivity index (χ1) is 8.96. The Bertz CT molecular complexity index is 515. The van der Waals surface area contributed by atoms with Crippen molar-refractivity contribution in [3.63, 3.8) is 0 Å². The third-order valence-corrected chi connectivity index (χ3v) is 4.28. The molecule has 0 radical (unpaired) electrons. The molecule has 4 heteroatoms. The molecule has 0 spiro atoms. The highest BCUT2D eigenvalue weighted by Gasteiger charge is 2.45. The van der Waals surface area contributed by atoms with Gasteiger partial charge in [0.1, 0.15) is 0 Å². The number of nitrogens with one attached hydrogen (secondary N) is 1. The lowest BCUT2D eigenvalue weighted by molar-refractivity contribution is -0.139. The molecule has 2 rings (SSSR count). The molecule has 1 fully saturated rings. The Kier molecular flexibility index (Phi) is 4.09. The van der Waals surface area contributed by atoms with Crippen molar-refractivity contribution in [1.29, 1.82) is 0 Å². The molecule has 2 amide bonds. The second-order valence-electron chi connectivity index (χ2n) is 5.48. The summed E-state index contributed by atoms with van der Waals surface area (Å²) in [4.78, 5) is 23.9. The maximum absolute atomic E-state index is 12.3. The molecule has 102 valence electrons. The van der Waals surface area contributed by atoms with Gasteiger partial charge in [0.25, 0.3) is 0 Å². The minimum absolute atomic E-state index is 0.160. The van der Waals surface area contributed by atoms with Crippen LogP contribution in [0.1, 0.15) is 44.6 Å². The molecule has 1 aliphatic rings. The number of benzene rings is 1. The monoisotopic (exact) mass is 323 g/mol. The van der Waals surface area contributed by atoms with E-state index in [-0.39, 0.29) is 23.1 Å². The van der Waals surface area contributed by atoms with Crippen molar-refractivity contribution in [1.82, 2.24) is 5.32 Å². The van der Waals surface area contributed by atoms with Crippen molar-refractivity contribution in [2.75, 3.05) is 0 Å². The number of carbonyl (C=O) groups is 2. The van der Waals surface area contributed by atoms with Crippen LogP contribution in [0.5, 0.6) is 0 Å². The molecule has 1 saturated heterocycles. The molecule has 1 aromatic rings. The zero-order chi connectivity index (χ0) is 14.0. The van der Waals surface area contributed by atoms with Crippen molar-refractivity contribution in [3.8, 4) is 0 Å². The summed E-state index contributed by atoms with van der Waals surface area (Å²) in [5.74, 6) is -0.597. The average Bonchev–Trinajstić information content (AvgIpc) is 2.27. The van der Waals surface area contributed by atoms with Crippen LogP contribution in [0.2, 0.25) is 0 Å². The van der Waals surface area contributed by atoms with Crippen LogP contribution in [0.3, 0.4) is 0 Å². The third kappa shape index (κ3) is 2.89. The fourth-order valence-corrected chi connectivity index (χ4v) is 3.50. The summed E-state index contributed by atoms with van der Waals surface area (Å²) in [5.41, 5.74) is 0.671. The third-order valence-electron chi connectivity index (χ3n) is 3.79. The van der Waals surface area contributed by atoms with Crippen molar-refractivity contribution < 1.29 is 9.59 Å². The van der Waals surface area contributed by atoms with Gasteiger partial charge in [0.05, 0.1) is 5.92 Å². The number of hydrogen-bond donors (Lipinski definition) is 1. The Hall–Kier alpha value is -1.16. The normalized spacial score (nSPS) is 27.2. The average molecular weight is 324 g/mol. The molecule has 1 aliphatic heterocycles. The number of hydrogen-bond acceptors (Lipinski definition) is 2. The second kappa shape index (κ2) is 5.45. The topological polar surface area (TPSA) is 46.2 Å². The minimum atomic E-state index is -0.297. The van der Waals surface area contributed by atoms with Crippen LogP contribution in [0.15, 0.2) is 28.7 Å². The highest BCUT2D eigenvalue weighted by Crippen LogP contribution is 2.45. The van der Waals surface area contributed by atoms with E-state index in [9.17, 15) is 9.59 Å². The summed E-state index contributed by atoms with van der Waals surface area (Å²) in [5, 5.41) is 2.47. The van der Waals surface area contributed by atoms with Gasteiger partial charge in [0.2, 0.25) is 11.8 Å². The maximum Gasteiger partial charge on any atom is 0.234 e. The second-order valence-corrected chi connectivity index (χ2v) is 6.40. The standard InChI is InChI=1S/C15H18BrNO2/c1-3-7-15(2)9-12(18)17-14(19)13(15)10-5-4-6-11(16)8-10/h4-6,8,13H,3,7,9H2,1-2H3,(H,17,18,19). The van der Waals surface area contributed by atoms with E-state index in [0.717, 1.165) is 22.9 Å². The molecule has 0 saturated carbocycles. The Morgan fingerprint density at radius 3 is 2.79 bits per heavy atom. The first-order valence-electron chi connectivity index (χ1n) is 6.55. The number of rotatable bonds is 3. The van der Waals surface area contributed by atoms with Gasteiger partial charge < -0.3 is 0 Å². The molecule has 0 bridgehead atoms. The highest BCUT2D eigenvalue weighted by atomic mass is 79.9. The molecule has 19 heavy (non-hydrogen) atoms. The number of carbonyl (C=O) groups excluding carboxylic acids is 2. The molecule has 2 unspecified atom stereocenters. The van der Waals surface area contributed by atoms with Crippen LogP contribution in [0.4, 0.5) is 0 Å². The van der Waals surface area contributed by atoms with Crippen LogP contribution in [-0.2, 0) is 9.59 Å². The summed E-state index contributed by atoms with van der Waals surface area (Å²) in [6, 6.07) is 7.79. The molecular weight excluding hydrogens is 306 g/mol. The van der Waals surface area contributed by atoms with Crippen molar-refractivity contribution >= 4 is 27.7 Å². The summed E-state index contributed by atoms with van der Waals surface area (Å²) in [7, 11) is 0. The van der Waals surface area contributed by atoms with E-state index < -0.39 is 0 Å². The molecule has 1 aromatic carbocycles. The zero-order valence-electron chi connectivity index (χ0n) is 11.2. The highest BCUT2D eigenvalue weighted by molar-refractivity contribution is 9.10. The summed E-state index contributed by atoms with van der Waals surface area (Å²) in [6.07, 6.45) is 2.23. The predicted octanol–water partition coefficient (Wildman–Crippen LogP) is 3.39. The fourth-order valence-electron chi connectivity index (χ4n) is 3.08. The smallest absolute Gasteiger partial charge is 0.234 e. The van der Waals surface area contributed by atoms with Gasteiger partial charge in [-0.3, -0.25) is 14.9 Å². The zero-order valence-corrected chi connectivity index (χ0v) is 12.8. The lowest BCUT2D eigenvalue weighted by Crippen LogP contribution is -2.49. The largest absolute Gasteiger partial charge is 0.296 e. The molecule has 0 aromatic heterocycles. The van der Waals surface area contributed by atoms with E-state index in [2.05, 4.69) is 28.2 Å². The molecule has 0 aliphatic carbocycles. The first-order valence-corrected chi connectivity index (χ1v) is 7.35. The van der Waals surface area contributed by atoms with Gasteiger partial charge in [-0.1, -0.05) is 48.3 Å². The Morgan fingerprint density at radius 2 is 2.16 bits per heavy atom. The first kappa shape index (κ1) is 14.3. The molecule has 1 N–H and O–H groups in total. The molecule has 1 heterocycles. The van der Waals surface area contributed by atoms with E-state index in [0.29, 0.717) is 6.42 Å². The van der Waals surface area contributed by atoms with E-state index in [1.54, 1.807) is 0 Å². The number of halogens is 1. The van der Waals surface area contributed by atoms with Crippen LogP contribution < -0.4 is 5.32 Å². The van der Waals surface area contributed by atoms with Gasteiger partial charge in [-0.2, -0.15) is 0 Å². The van der Waals surface area contributed by atoms with Crippen LogP contribution in [0, 0.1) is 5.41 Å². The molecule has 2 atom stereocenters. The van der Waals surface area contributed by atoms with Gasteiger partial charge in [-0.05, 0) is 29.5 Å². The van der Waals surface area contributed by atoms with E-state index in [1.807, 2.05) is 31.2 Å². The van der Waals surface area contributed by atoms with Gasteiger partial charge in [-0.25, -0.2) is 0 Å². The van der Waals surface area contributed by atoms with Gasteiger partial charge in [-0.15, -0.1) is 0 Å². The molecule has 3 nitrogen and oxygen atoms in total. The van der Waals surface area contributed by atoms with Crippen LogP contribution in [0.25, 0.3) is 0 Å². The SMILES string of the molecule is CCCC1(C)CC(=O)NC(=O)C1c1cccc(Br)c1. The van der Waals surface area contributed by atoms with Gasteiger partial charge in [0, 0.05) is 10.9 Å². The maximum atomic E-state index is 12.3. The van der Waals surface area contributed by atoms with E-state index in [4.69, 9.17) is 0 Å². The lowest BCUT2D eigenvalue weighted by Gasteiger charge is -2.40. The molecular formula is C15H18BrNO2. The Morgan fingerprint density at radius 1 is 1.42 bits per heavy atom. The van der Waals surface area contributed by atoms with Crippen LogP contribution >= 0.6 is 15.9 Å². The van der Waals surface area contributed by atoms with E-state index in [1.165, 1.54) is 0 Å². The summed E-state index contributed by atoms with van der Waals surface area (Å²) < 4.78 is 0.952. The van der Waals surface area contributed by atoms with Crippen molar-refractivity contribution in [2.24, 2.45) is 5.41 Å². The minimum Gasteiger partial charge on any atom is -0.296 e. The van der Waals surface area contributed by atoms with Gasteiger partial charge in [0.15, 0.2) is 0 Å². The number of piperidine rings is 1. The Balaban J connectivity index is 2.43. The Labute approximate surface area is 121 Å². The van der Waals surface area contributed by atoms with Crippen molar-refractivity contribution in [3.05, 3.63) is 34.3 Å². The number of imide groups is 1.